The molecule has 2 aromatic carbocycles. The summed E-state index contributed by atoms with van der Waals surface area (Å²) in [7, 11) is 0. The molecule has 6 nitrogen and oxygen atoms in total. The van der Waals surface area contributed by atoms with Crippen LogP contribution in [0.15, 0.2) is 48.5 Å². The van der Waals surface area contributed by atoms with E-state index >= 15 is 0 Å². The molecular weight excluding hydrogens is 308 g/mol. The summed E-state index contributed by atoms with van der Waals surface area (Å²) in [6, 6.07) is 13.3. The van der Waals surface area contributed by atoms with Gasteiger partial charge in [0.25, 0.3) is 11.6 Å². The van der Waals surface area contributed by atoms with Gasteiger partial charge in [-0.1, -0.05) is 32.0 Å². The normalized spacial score (nSPS) is 11.6. The number of rotatable bonds is 7. The van der Waals surface area contributed by atoms with Crippen molar-refractivity contribution in [3.63, 3.8) is 0 Å². The zero-order valence-electron chi connectivity index (χ0n) is 13.7. The van der Waals surface area contributed by atoms with E-state index in [9.17, 15) is 14.9 Å². The van der Waals surface area contributed by atoms with Gasteiger partial charge in [-0.3, -0.25) is 14.9 Å². The minimum atomic E-state index is -0.486. The highest BCUT2D eigenvalue weighted by Gasteiger charge is 2.11. The molecule has 0 aromatic heterocycles. The fourth-order valence-corrected chi connectivity index (χ4v) is 2.25. The van der Waals surface area contributed by atoms with Gasteiger partial charge in [0, 0.05) is 17.8 Å². The molecule has 2 aromatic rings. The van der Waals surface area contributed by atoms with E-state index in [0.717, 1.165) is 12.0 Å². The van der Waals surface area contributed by atoms with Crippen molar-refractivity contribution in [3.8, 4) is 5.75 Å². The third-order valence-electron chi connectivity index (χ3n) is 3.78. The Morgan fingerprint density at radius 3 is 2.50 bits per heavy atom. The Balaban J connectivity index is 1.95. The van der Waals surface area contributed by atoms with E-state index in [2.05, 4.69) is 19.2 Å². The third kappa shape index (κ3) is 4.55. The van der Waals surface area contributed by atoms with Crippen molar-refractivity contribution in [2.45, 2.75) is 26.2 Å². The predicted molar refractivity (Wildman–Crippen MR) is 92.4 cm³/mol. The van der Waals surface area contributed by atoms with E-state index in [1.807, 2.05) is 24.3 Å². The highest BCUT2D eigenvalue weighted by molar-refractivity contribution is 5.91. The van der Waals surface area contributed by atoms with Gasteiger partial charge in [0.2, 0.25) is 0 Å². The number of benzene rings is 2. The molecule has 2 rings (SSSR count). The average Bonchev–Trinajstić information content (AvgIpc) is 2.60. The molecule has 1 atom stereocenters. The molecule has 0 aliphatic heterocycles. The molecule has 24 heavy (non-hydrogen) atoms. The maximum absolute atomic E-state index is 12.0. The molecule has 0 spiro atoms. The number of hydrogen-bond acceptors (Lipinski definition) is 4. The van der Waals surface area contributed by atoms with Gasteiger partial charge in [0.05, 0.1) is 4.92 Å². The molecule has 6 heteroatoms. The molecule has 0 heterocycles. The molecule has 1 N–H and O–H groups in total. The van der Waals surface area contributed by atoms with Crippen LogP contribution in [0.25, 0.3) is 0 Å². The Kier molecular flexibility index (Phi) is 5.89. The van der Waals surface area contributed by atoms with Crippen LogP contribution in [0.4, 0.5) is 11.4 Å². The Bertz CT molecular complexity index is 713. The van der Waals surface area contributed by atoms with Crippen molar-refractivity contribution in [1.29, 1.82) is 0 Å². The summed E-state index contributed by atoms with van der Waals surface area (Å²) >= 11 is 0. The molecule has 0 aliphatic rings. The topological polar surface area (TPSA) is 81.5 Å². The number of nitrogens with one attached hydrogen (secondary N) is 1. The zero-order chi connectivity index (χ0) is 17.5. The number of non-ortho nitro benzene ring substituents is 1. The lowest BCUT2D eigenvalue weighted by molar-refractivity contribution is -0.384. The highest BCUT2D eigenvalue weighted by atomic mass is 16.6. The molecule has 0 radical (unpaired) electrons. The second kappa shape index (κ2) is 8.10. The summed E-state index contributed by atoms with van der Waals surface area (Å²) in [6.07, 6.45) is 0.982. The molecular formula is C18H20N2O4. The van der Waals surface area contributed by atoms with Crippen molar-refractivity contribution in [2.75, 3.05) is 11.9 Å². The maximum atomic E-state index is 12.0. The maximum Gasteiger partial charge on any atom is 0.269 e. The first kappa shape index (κ1) is 17.5. The molecule has 126 valence electrons. The van der Waals surface area contributed by atoms with Gasteiger partial charge < -0.3 is 10.1 Å². The molecule has 0 aliphatic carbocycles. The lowest BCUT2D eigenvalue weighted by Crippen LogP contribution is -2.20. The Morgan fingerprint density at radius 1 is 1.21 bits per heavy atom. The van der Waals surface area contributed by atoms with Gasteiger partial charge in [-0.15, -0.1) is 0 Å². The Hall–Kier alpha value is -2.89. The van der Waals surface area contributed by atoms with Gasteiger partial charge in [-0.05, 0) is 36.1 Å². The zero-order valence-corrected chi connectivity index (χ0v) is 13.7. The van der Waals surface area contributed by atoms with Gasteiger partial charge in [0.15, 0.2) is 6.61 Å². The molecule has 0 saturated carbocycles. The second-order valence-corrected chi connectivity index (χ2v) is 5.49. The number of hydrogen-bond donors (Lipinski definition) is 1. The van der Waals surface area contributed by atoms with Crippen molar-refractivity contribution >= 4 is 17.3 Å². The van der Waals surface area contributed by atoms with Crippen LogP contribution in [-0.4, -0.2) is 17.4 Å². The number of amides is 1. The van der Waals surface area contributed by atoms with Crippen molar-refractivity contribution in [1.82, 2.24) is 0 Å². The average molecular weight is 328 g/mol. The molecule has 1 amide bonds. The van der Waals surface area contributed by atoms with Crippen LogP contribution >= 0.6 is 0 Å². The first-order valence-corrected chi connectivity index (χ1v) is 7.77. The van der Waals surface area contributed by atoms with Gasteiger partial charge in [-0.25, -0.2) is 0 Å². The fourth-order valence-electron chi connectivity index (χ4n) is 2.25. The Labute approximate surface area is 140 Å². The van der Waals surface area contributed by atoms with Crippen LogP contribution in [0, 0.1) is 10.1 Å². The number of anilines is 1. The number of para-hydroxylation sites is 1. The largest absolute Gasteiger partial charge is 0.483 e. The van der Waals surface area contributed by atoms with Crippen LogP contribution in [0.3, 0.4) is 0 Å². The minimum Gasteiger partial charge on any atom is -0.483 e. The fraction of sp³-hybridized carbons (Fsp3) is 0.278. The molecule has 0 fully saturated rings. The number of nitro benzene ring substituents is 1. The van der Waals surface area contributed by atoms with Crippen LogP contribution in [0.5, 0.6) is 5.75 Å². The van der Waals surface area contributed by atoms with Gasteiger partial charge in [-0.2, -0.15) is 0 Å². The summed E-state index contributed by atoms with van der Waals surface area (Å²) in [5.41, 5.74) is 1.54. The number of nitrogens with zero attached hydrogens (tertiary/aromatic N) is 1. The van der Waals surface area contributed by atoms with E-state index in [-0.39, 0.29) is 18.2 Å². The number of nitro groups is 1. The Morgan fingerprint density at radius 2 is 1.88 bits per heavy atom. The van der Waals surface area contributed by atoms with Crippen LogP contribution in [0.2, 0.25) is 0 Å². The van der Waals surface area contributed by atoms with E-state index in [4.69, 9.17) is 4.74 Å². The van der Waals surface area contributed by atoms with Crippen molar-refractivity contribution in [3.05, 3.63) is 64.2 Å². The van der Waals surface area contributed by atoms with Crippen molar-refractivity contribution < 1.29 is 14.5 Å². The van der Waals surface area contributed by atoms with Crippen LogP contribution in [0.1, 0.15) is 31.7 Å². The number of carbonyl (C=O) groups excluding carboxylic acids is 1. The summed E-state index contributed by atoms with van der Waals surface area (Å²) in [5, 5.41) is 13.3. The summed E-state index contributed by atoms with van der Waals surface area (Å²) in [6.45, 7) is 4.09. The molecule has 1 unspecified atom stereocenters. The SMILES string of the molecule is CCC(C)c1ccccc1OCC(=O)Nc1ccc([N+](=O)[O-])cc1. The number of carbonyl (C=O) groups is 1. The standard InChI is InChI=1S/C18H20N2O4/c1-3-13(2)16-6-4-5-7-17(16)24-12-18(21)19-14-8-10-15(11-9-14)20(22)23/h4-11,13H,3,12H2,1-2H3,(H,19,21). The van der Waals surface area contributed by atoms with E-state index in [1.165, 1.54) is 24.3 Å². The monoisotopic (exact) mass is 328 g/mol. The van der Waals surface area contributed by atoms with Gasteiger partial charge >= 0.3 is 0 Å². The molecule has 0 bridgehead atoms. The quantitative estimate of drug-likeness (QED) is 0.612. The number of ether oxygens (including phenoxy) is 1. The van der Waals surface area contributed by atoms with E-state index in [1.54, 1.807) is 0 Å². The van der Waals surface area contributed by atoms with E-state index in [0.29, 0.717) is 17.4 Å². The predicted octanol–water partition coefficient (Wildman–Crippen LogP) is 4.13. The minimum absolute atomic E-state index is 0.0215. The molecule has 0 saturated heterocycles. The smallest absolute Gasteiger partial charge is 0.269 e. The highest BCUT2D eigenvalue weighted by Crippen LogP contribution is 2.28. The lowest BCUT2D eigenvalue weighted by atomic mass is 9.98. The summed E-state index contributed by atoms with van der Waals surface area (Å²) in [5.74, 6) is 0.729. The second-order valence-electron chi connectivity index (χ2n) is 5.49. The summed E-state index contributed by atoms with van der Waals surface area (Å²) < 4.78 is 5.64. The van der Waals surface area contributed by atoms with Crippen LogP contribution < -0.4 is 10.1 Å². The first-order chi connectivity index (χ1) is 11.5. The third-order valence-corrected chi connectivity index (χ3v) is 3.78. The summed E-state index contributed by atoms with van der Waals surface area (Å²) in [4.78, 5) is 22.1. The van der Waals surface area contributed by atoms with Crippen LogP contribution in [-0.2, 0) is 4.79 Å². The lowest BCUT2D eigenvalue weighted by Gasteiger charge is -2.15. The van der Waals surface area contributed by atoms with E-state index < -0.39 is 4.92 Å². The van der Waals surface area contributed by atoms with Gasteiger partial charge in [0.1, 0.15) is 5.75 Å². The van der Waals surface area contributed by atoms with Crippen molar-refractivity contribution in [2.24, 2.45) is 0 Å². The first-order valence-electron chi connectivity index (χ1n) is 7.77.